The Morgan fingerprint density at radius 2 is 2.08 bits per heavy atom. The molecule has 1 unspecified atom stereocenters. The van der Waals surface area contributed by atoms with Gasteiger partial charge >= 0.3 is 5.97 Å². The first kappa shape index (κ1) is 18.3. The number of hydrogen-bond acceptors (Lipinski definition) is 6. The van der Waals surface area contributed by atoms with Crippen LogP contribution in [0.3, 0.4) is 0 Å². The van der Waals surface area contributed by atoms with Gasteiger partial charge < -0.3 is 14.8 Å². The van der Waals surface area contributed by atoms with Crippen LogP contribution in [0.1, 0.15) is 20.7 Å². The molecule has 8 heteroatoms. The van der Waals surface area contributed by atoms with Crippen LogP contribution in [0.5, 0.6) is 0 Å². The number of pyridine rings is 1. The van der Waals surface area contributed by atoms with E-state index in [1.807, 2.05) is 0 Å². The number of carbonyl (C=O) groups excluding carboxylic acids is 2. The molecule has 0 aliphatic carbocycles. The minimum Gasteiger partial charge on any atom is -0.465 e. The maximum Gasteiger partial charge on any atom is 0.339 e. The topological polar surface area (TPSA) is 80.8 Å². The Labute approximate surface area is 155 Å². The van der Waals surface area contributed by atoms with Crippen molar-refractivity contribution in [3.63, 3.8) is 0 Å². The molecule has 0 radical (unpaired) electrons. The van der Waals surface area contributed by atoms with Crippen LogP contribution in [0.4, 0.5) is 5.69 Å². The highest BCUT2D eigenvalue weighted by Crippen LogP contribution is 2.27. The first-order valence-electron chi connectivity index (χ1n) is 8.05. The summed E-state index contributed by atoms with van der Waals surface area (Å²) < 4.78 is 10.5. The van der Waals surface area contributed by atoms with Crippen LogP contribution >= 0.6 is 11.6 Å². The van der Waals surface area contributed by atoms with Crippen molar-refractivity contribution < 1.29 is 19.1 Å². The average Bonchev–Trinajstić information content (AvgIpc) is 2.70. The highest BCUT2D eigenvalue weighted by molar-refractivity contribution is 6.33. The predicted molar refractivity (Wildman–Crippen MR) is 96.4 cm³/mol. The molecule has 0 bridgehead atoms. The zero-order valence-corrected chi connectivity index (χ0v) is 14.9. The number of nitrogens with zero attached hydrogens (tertiary/aromatic N) is 2. The smallest absolute Gasteiger partial charge is 0.339 e. The van der Waals surface area contributed by atoms with Gasteiger partial charge in [0.2, 0.25) is 0 Å². The summed E-state index contributed by atoms with van der Waals surface area (Å²) in [6, 6.07) is 8.02. The van der Waals surface area contributed by atoms with Gasteiger partial charge in [0, 0.05) is 36.7 Å². The maximum atomic E-state index is 13.1. The fourth-order valence-corrected chi connectivity index (χ4v) is 2.89. The van der Waals surface area contributed by atoms with Crippen molar-refractivity contribution in [1.29, 1.82) is 0 Å². The Balaban J connectivity index is 2.03. The molecule has 0 spiro atoms. The lowest BCUT2D eigenvalue weighted by atomic mass is 10.1. The molecule has 7 nitrogen and oxygen atoms in total. The lowest BCUT2D eigenvalue weighted by Crippen LogP contribution is -2.52. The standard InChI is InChI=1S/C18H18ClN3O4/c1-25-18(24)14-10-13(2-3-15(14)19)22(16-11-21-8-9-26-16)17(23)12-4-6-20-7-5-12/h2-7,10,16,21H,8-9,11H2,1H3. The third-order valence-corrected chi connectivity index (χ3v) is 4.31. The van der Waals surface area contributed by atoms with E-state index in [4.69, 9.17) is 21.1 Å². The van der Waals surface area contributed by atoms with Gasteiger partial charge in [0.15, 0.2) is 0 Å². The molecule has 1 saturated heterocycles. The number of morpholine rings is 1. The number of esters is 1. The Hall–Kier alpha value is -2.48. The fourth-order valence-electron chi connectivity index (χ4n) is 2.69. The quantitative estimate of drug-likeness (QED) is 0.824. The van der Waals surface area contributed by atoms with Crippen molar-refractivity contribution in [2.45, 2.75) is 6.23 Å². The van der Waals surface area contributed by atoms with E-state index in [9.17, 15) is 9.59 Å². The Morgan fingerprint density at radius 1 is 1.31 bits per heavy atom. The lowest BCUT2D eigenvalue weighted by Gasteiger charge is -2.34. The van der Waals surface area contributed by atoms with Gasteiger partial charge in [-0.3, -0.25) is 14.7 Å². The number of benzene rings is 1. The van der Waals surface area contributed by atoms with Crippen molar-refractivity contribution in [2.75, 3.05) is 31.7 Å². The van der Waals surface area contributed by atoms with Gasteiger partial charge in [-0.15, -0.1) is 0 Å². The number of nitrogens with one attached hydrogen (secondary N) is 1. The molecule has 1 aliphatic rings. The molecule has 1 atom stereocenters. The summed E-state index contributed by atoms with van der Waals surface area (Å²) in [5.74, 6) is -0.838. The van der Waals surface area contributed by atoms with E-state index in [0.29, 0.717) is 30.9 Å². The number of rotatable bonds is 4. The SMILES string of the molecule is COC(=O)c1cc(N(C(=O)c2ccncc2)C2CNCCO2)ccc1Cl. The molecule has 1 fully saturated rings. The molecule has 2 aromatic rings. The van der Waals surface area contributed by atoms with Gasteiger partial charge in [-0.1, -0.05) is 11.6 Å². The van der Waals surface area contributed by atoms with Crippen LogP contribution in [-0.2, 0) is 9.47 Å². The zero-order valence-electron chi connectivity index (χ0n) is 14.1. The summed E-state index contributed by atoms with van der Waals surface area (Å²) in [4.78, 5) is 30.5. The summed E-state index contributed by atoms with van der Waals surface area (Å²) in [6.07, 6.45) is 2.58. The highest BCUT2D eigenvalue weighted by atomic mass is 35.5. The number of carbonyl (C=O) groups is 2. The van der Waals surface area contributed by atoms with Crippen LogP contribution in [0, 0.1) is 0 Å². The number of hydrogen-bond donors (Lipinski definition) is 1. The van der Waals surface area contributed by atoms with Crippen molar-refractivity contribution in [3.8, 4) is 0 Å². The average molecular weight is 376 g/mol. The van der Waals surface area contributed by atoms with Crippen LogP contribution < -0.4 is 10.2 Å². The summed E-state index contributed by atoms with van der Waals surface area (Å²) in [6.45, 7) is 1.65. The fraction of sp³-hybridized carbons (Fsp3) is 0.278. The van der Waals surface area contributed by atoms with E-state index in [0.717, 1.165) is 0 Å². The normalized spacial score (nSPS) is 16.8. The molecule has 0 saturated carbocycles. The van der Waals surface area contributed by atoms with E-state index in [1.54, 1.807) is 36.7 Å². The van der Waals surface area contributed by atoms with Gasteiger partial charge in [0.1, 0.15) is 6.23 Å². The van der Waals surface area contributed by atoms with E-state index in [1.165, 1.54) is 18.1 Å². The minimum atomic E-state index is -0.573. The molecule has 1 amide bonds. The second kappa shape index (κ2) is 8.27. The third-order valence-electron chi connectivity index (χ3n) is 3.98. The molecule has 1 aliphatic heterocycles. The number of halogens is 1. The van der Waals surface area contributed by atoms with E-state index < -0.39 is 12.2 Å². The van der Waals surface area contributed by atoms with E-state index in [2.05, 4.69) is 10.3 Å². The zero-order chi connectivity index (χ0) is 18.5. The molecule has 1 aromatic carbocycles. The van der Waals surface area contributed by atoms with Crippen molar-refractivity contribution in [1.82, 2.24) is 10.3 Å². The second-order valence-electron chi connectivity index (χ2n) is 5.60. The number of anilines is 1. The third kappa shape index (κ3) is 3.85. The number of aromatic nitrogens is 1. The highest BCUT2D eigenvalue weighted by Gasteiger charge is 2.29. The molecule has 1 N–H and O–H groups in total. The van der Waals surface area contributed by atoms with Gasteiger partial charge in [0.05, 0.1) is 24.3 Å². The van der Waals surface area contributed by atoms with Gasteiger partial charge in [-0.25, -0.2) is 4.79 Å². The molecular weight excluding hydrogens is 358 g/mol. The van der Waals surface area contributed by atoms with E-state index >= 15 is 0 Å². The largest absolute Gasteiger partial charge is 0.465 e. The first-order valence-corrected chi connectivity index (χ1v) is 8.43. The van der Waals surface area contributed by atoms with Gasteiger partial charge in [-0.05, 0) is 30.3 Å². The number of ether oxygens (including phenoxy) is 2. The first-order chi connectivity index (χ1) is 12.6. The Morgan fingerprint density at radius 3 is 2.73 bits per heavy atom. The van der Waals surface area contributed by atoms with Gasteiger partial charge in [-0.2, -0.15) is 0 Å². The van der Waals surface area contributed by atoms with Crippen molar-refractivity contribution >= 4 is 29.2 Å². The molecule has 26 heavy (non-hydrogen) atoms. The molecule has 136 valence electrons. The molecule has 3 rings (SSSR count). The number of methoxy groups -OCH3 is 1. The van der Waals surface area contributed by atoms with Gasteiger partial charge in [0.25, 0.3) is 5.91 Å². The summed E-state index contributed by atoms with van der Waals surface area (Å²) in [5.41, 5.74) is 1.14. The van der Waals surface area contributed by atoms with Crippen molar-refractivity contribution in [3.05, 3.63) is 58.9 Å². The number of amides is 1. The molecule has 1 aromatic heterocycles. The van der Waals surface area contributed by atoms with Crippen LogP contribution in [0.25, 0.3) is 0 Å². The van der Waals surface area contributed by atoms with Crippen LogP contribution in [0.15, 0.2) is 42.7 Å². The summed E-state index contributed by atoms with van der Waals surface area (Å²) >= 11 is 6.10. The molecule has 2 heterocycles. The maximum absolute atomic E-state index is 13.1. The summed E-state index contributed by atoms with van der Waals surface area (Å²) in [7, 11) is 1.28. The Kier molecular flexibility index (Phi) is 5.82. The summed E-state index contributed by atoms with van der Waals surface area (Å²) in [5, 5.41) is 3.45. The monoisotopic (exact) mass is 375 g/mol. The second-order valence-corrected chi connectivity index (χ2v) is 6.00. The molecular formula is C18H18ClN3O4. The van der Waals surface area contributed by atoms with E-state index in [-0.39, 0.29) is 16.5 Å². The lowest BCUT2D eigenvalue weighted by molar-refractivity contribution is 0.0255. The van der Waals surface area contributed by atoms with Crippen LogP contribution in [0.2, 0.25) is 5.02 Å². The van der Waals surface area contributed by atoms with Crippen molar-refractivity contribution in [2.24, 2.45) is 0 Å². The Bertz CT molecular complexity index is 794. The minimum absolute atomic E-state index is 0.183. The predicted octanol–water partition coefficient (Wildman–Crippen LogP) is 2.11. The van der Waals surface area contributed by atoms with Crippen LogP contribution in [-0.4, -0.2) is 49.9 Å².